The Morgan fingerprint density at radius 2 is 1.78 bits per heavy atom. The summed E-state index contributed by atoms with van der Waals surface area (Å²) in [5.41, 5.74) is 5.90. The maximum atomic E-state index is 9.41. The summed E-state index contributed by atoms with van der Waals surface area (Å²) in [5, 5.41) is 18.8. The Balaban J connectivity index is 1.48. The fourth-order valence-electron chi connectivity index (χ4n) is 4.45. The highest BCUT2D eigenvalue weighted by Gasteiger charge is 2.67. The smallest absolute Gasteiger partial charge is 0.0515 e. The molecule has 2 saturated carbocycles. The lowest BCUT2D eigenvalue weighted by molar-refractivity contribution is 0.0824. The zero-order valence-corrected chi connectivity index (χ0v) is 11.1. The highest BCUT2D eigenvalue weighted by Crippen LogP contribution is 2.62. The van der Waals surface area contributed by atoms with Crippen molar-refractivity contribution >= 4 is 0 Å². The van der Waals surface area contributed by atoms with Crippen LogP contribution in [0.2, 0.25) is 0 Å². The third-order valence-corrected chi connectivity index (χ3v) is 5.69. The molecule has 0 aromatic rings. The zero-order valence-electron chi connectivity index (χ0n) is 11.1. The minimum Gasteiger partial charge on any atom is -0.396 e. The number of aliphatic hydroxyl groups excluding tert-OH is 2. The lowest BCUT2D eigenvalue weighted by atomic mass is 9.85. The fourth-order valence-corrected chi connectivity index (χ4v) is 4.45. The van der Waals surface area contributed by atoms with Gasteiger partial charge in [0.15, 0.2) is 0 Å². The normalized spacial score (nSPS) is 42.8. The minimum atomic E-state index is -0.139. The molecule has 4 N–H and O–H groups in total. The van der Waals surface area contributed by atoms with E-state index in [1.165, 1.54) is 32.2 Å². The number of piperidine rings is 1. The monoisotopic (exact) mass is 254 g/mol. The van der Waals surface area contributed by atoms with Crippen molar-refractivity contribution in [1.29, 1.82) is 0 Å². The maximum Gasteiger partial charge on any atom is 0.0515 e. The van der Waals surface area contributed by atoms with E-state index in [1.807, 2.05) is 0 Å². The van der Waals surface area contributed by atoms with Gasteiger partial charge in [-0.3, -0.25) is 0 Å². The van der Waals surface area contributed by atoms with E-state index in [1.54, 1.807) is 0 Å². The third-order valence-electron chi connectivity index (χ3n) is 5.69. The first-order valence-electron chi connectivity index (χ1n) is 7.39. The van der Waals surface area contributed by atoms with Gasteiger partial charge in [-0.1, -0.05) is 6.42 Å². The van der Waals surface area contributed by atoms with Crippen LogP contribution in [0.1, 0.15) is 25.7 Å². The van der Waals surface area contributed by atoms with Crippen molar-refractivity contribution in [2.75, 3.05) is 32.8 Å². The summed E-state index contributed by atoms with van der Waals surface area (Å²) in [6.45, 7) is 3.62. The molecule has 2 aliphatic carbocycles. The molecule has 0 amide bonds. The van der Waals surface area contributed by atoms with Gasteiger partial charge in [-0.05, 0) is 37.0 Å². The molecule has 4 heteroatoms. The number of aliphatic hydroxyl groups is 2. The second-order valence-corrected chi connectivity index (χ2v) is 6.77. The van der Waals surface area contributed by atoms with Crippen LogP contribution in [-0.4, -0.2) is 54.0 Å². The Labute approximate surface area is 109 Å². The first-order valence-corrected chi connectivity index (χ1v) is 7.39. The average molecular weight is 254 g/mol. The molecule has 0 bridgehead atoms. The largest absolute Gasteiger partial charge is 0.396 e. The van der Waals surface area contributed by atoms with Gasteiger partial charge in [0.2, 0.25) is 0 Å². The van der Waals surface area contributed by atoms with E-state index in [2.05, 4.69) is 4.90 Å². The summed E-state index contributed by atoms with van der Waals surface area (Å²) in [4.78, 5) is 2.53. The Morgan fingerprint density at radius 3 is 2.33 bits per heavy atom. The lowest BCUT2D eigenvalue weighted by Crippen LogP contribution is -2.38. The number of nitrogens with two attached hydrogens (primary N) is 1. The topological polar surface area (TPSA) is 69.7 Å². The van der Waals surface area contributed by atoms with Crippen molar-refractivity contribution in [3.63, 3.8) is 0 Å². The van der Waals surface area contributed by atoms with Crippen molar-refractivity contribution in [2.24, 2.45) is 28.9 Å². The molecule has 0 spiro atoms. The van der Waals surface area contributed by atoms with Gasteiger partial charge in [-0.15, -0.1) is 0 Å². The Morgan fingerprint density at radius 1 is 1.11 bits per heavy atom. The molecule has 4 nitrogen and oxygen atoms in total. The Bertz CT molecular complexity index is 292. The van der Waals surface area contributed by atoms with Crippen molar-refractivity contribution in [2.45, 2.75) is 31.7 Å². The molecular weight excluding hydrogens is 228 g/mol. The molecular formula is C14H26N2O2. The first kappa shape index (κ1) is 12.9. The molecule has 3 rings (SSSR count). The Kier molecular flexibility index (Phi) is 3.39. The van der Waals surface area contributed by atoms with Gasteiger partial charge < -0.3 is 20.8 Å². The number of hydrogen-bond acceptors (Lipinski definition) is 4. The van der Waals surface area contributed by atoms with Crippen molar-refractivity contribution in [3.05, 3.63) is 0 Å². The maximum absolute atomic E-state index is 9.41. The van der Waals surface area contributed by atoms with Gasteiger partial charge in [0.1, 0.15) is 0 Å². The van der Waals surface area contributed by atoms with Crippen LogP contribution in [0, 0.1) is 23.2 Å². The van der Waals surface area contributed by atoms with Gasteiger partial charge in [0.25, 0.3) is 0 Å². The summed E-state index contributed by atoms with van der Waals surface area (Å²) in [6.07, 6.45) is 4.98. The second-order valence-electron chi connectivity index (χ2n) is 6.77. The molecule has 1 saturated heterocycles. The Hall–Kier alpha value is -0.160. The van der Waals surface area contributed by atoms with Crippen LogP contribution in [0.5, 0.6) is 0 Å². The SMILES string of the molecule is N[C@H]1CCC[C@@H](CN2CC3C(C2)C3(CO)CO)C1. The molecule has 4 atom stereocenters. The summed E-state index contributed by atoms with van der Waals surface area (Å²) >= 11 is 0. The van der Waals surface area contributed by atoms with E-state index in [0.29, 0.717) is 17.9 Å². The standard InChI is InChI=1S/C14H26N2O2/c15-11-3-1-2-10(4-11)5-16-6-12-13(7-16)14(12,8-17)9-18/h10-13,17-18H,1-9,15H2/t10-,11+,12?,13?/m1/s1. The van der Waals surface area contributed by atoms with Crippen molar-refractivity contribution in [1.82, 2.24) is 4.90 Å². The molecule has 0 aromatic heterocycles. The predicted molar refractivity (Wildman–Crippen MR) is 70.0 cm³/mol. The fraction of sp³-hybridized carbons (Fsp3) is 1.00. The number of hydrogen-bond donors (Lipinski definition) is 3. The van der Waals surface area contributed by atoms with E-state index in [0.717, 1.165) is 19.0 Å². The van der Waals surface area contributed by atoms with Crippen LogP contribution in [0.15, 0.2) is 0 Å². The van der Waals surface area contributed by atoms with E-state index < -0.39 is 0 Å². The van der Waals surface area contributed by atoms with Gasteiger partial charge in [-0.25, -0.2) is 0 Å². The predicted octanol–water partition coefficient (Wildman–Crippen LogP) is 0.0365. The molecule has 3 fully saturated rings. The molecule has 2 unspecified atom stereocenters. The molecule has 3 aliphatic rings. The van der Waals surface area contributed by atoms with Crippen LogP contribution in [-0.2, 0) is 0 Å². The van der Waals surface area contributed by atoms with Crippen LogP contribution < -0.4 is 5.73 Å². The quantitative estimate of drug-likeness (QED) is 0.662. The van der Waals surface area contributed by atoms with Crippen LogP contribution in [0.4, 0.5) is 0 Å². The van der Waals surface area contributed by atoms with Crippen molar-refractivity contribution < 1.29 is 10.2 Å². The molecule has 1 aliphatic heterocycles. The van der Waals surface area contributed by atoms with Gasteiger partial charge in [0.05, 0.1) is 13.2 Å². The van der Waals surface area contributed by atoms with E-state index in [-0.39, 0.29) is 18.6 Å². The number of likely N-dealkylation sites (tertiary alicyclic amines) is 1. The minimum absolute atomic E-state index is 0.139. The number of fused-ring (bicyclic) bond motifs is 1. The number of rotatable bonds is 4. The van der Waals surface area contributed by atoms with E-state index in [4.69, 9.17) is 5.73 Å². The van der Waals surface area contributed by atoms with Gasteiger partial charge >= 0.3 is 0 Å². The summed E-state index contributed by atoms with van der Waals surface area (Å²) in [5.74, 6) is 1.83. The van der Waals surface area contributed by atoms with Crippen LogP contribution in [0.3, 0.4) is 0 Å². The van der Waals surface area contributed by atoms with E-state index >= 15 is 0 Å². The van der Waals surface area contributed by atoms with Crippen LogP contribution in [0.25, 0.3) is 0 Å². The molecule has 1 heterocycles. The average Bonchev–Trinajstić information content (AvgIpc) is 2.74. The molecule has 18 heavy (non-hydrogen) atoms. The third kappa shape index (κ3) is 1.99. The number of nitrogens with zero attached hydrogens (tertiary/aromatic N) is 1. The first-order chi connectivity index (χ1) is 8.69. The zero-order chi connectivity index (χ0) is 12.8. The van der Waals surface area contributed by atoms with Crippen LogP contribution >= 0.6 is 0 Å². The van der Waals surface area contributed by atoms with Crippen molar-refractivity contribution in [3.8, 4) is 0 Å². The van der Waals surface area contributed by atoms with Gasteiger partial charge in [-0.2, -0.15) is 0 Å². The summed E-state index contributed by atoms with van der Waals surface area (Å²) in [6, 6.07) is 0.412. The second kappa shape index (κ2) is 4.75. The lowest BCUT2D eigenvalue weighted by Gasteiger charge is -2.32. The molecule has 0 radical (unpaired) electrons. The summed E-state index contributed by atoms with van der Waals surface area (Å²) in [7, 11) is 0. The molecule has 0 aromatic carbocycles. The van der Waals surface area contributed by atoms with Gasteiger partial charge in [0, 0.05) is 31.1 Å². The molecule has 104 valence electrons. The highest BCUT2D eigenvalue weighted by molar-refractivity contribution is 5.15. The summed E-state index contributed by atoms with van der Waals surface area (Å²) < 4.78 is 0. The van der Waals surface area contributed by atoms with E-state index in [9.17, 15) is 10.2 Å². The highest BCUT2D eigenvalue weighted by atomic mass is 16.3.